The van der Waals surface area contributed by atoms with Gasteiger partial charge in [-0.05, 0) is 48.6 Å². The van der Waals surface area contributed by atoms with Gasteiger partial charge in [0.2, 0.25) is 5.91 Å². The molecule has 2 atom stereocenters. The Hall–Kier alpha value is -2.40. The van der Waals surface area contributed by atoms with Crippen molar-refractivity contribution in [2.45, 2.75) is 44.9 Å². The molecule has 0 radical (unpaired) electrons. The SMILES string of the molecule is O=C([C@H]1CCC[C@H](O)C1)N(Cc1ccc(O)cc1)Cc1cccnc1. The molecule has 2 aromatic rings. The molecule has 1 heterocycles. The quantitative estimate of drug-likeness (QED) is 0.878. The maximum Gasteiger partial charge on any atom is 0.226 e. The van der Waals surface area contributed by atoms with E-state index < -0.39 is 0 Å². The molecular weight excluding hydrogens is 316 g/mol. The first-order chi connectivity index (χ1) is 12.1. The van der Waals surface area contributed by atoms with Gasteiger partial charge in [0.1, 0.15) is 5.75 Å². The number of carbonyl (C=O) groups is 1. The highest BCUT2D eigenvalue weighted by Gasteiger charge is 2.29. The predicted octanol–water partition coefficient (Wildman–Crippen LogP) is 2.87. The smallest absolute Gasteiger partial charge is 0.226 e. The van der Waals surface area contributed by atoms with E-state index >= 15 is 0 Å². The van der Waals surface area contributed by atoms with E-state index in [1.54, 1.807) is 24.5 Å². The van der Waals surface area contributed by atoms with Crippen molar-refractivity contribution in [3.8, 4) is 5.75 Å². The summed E-state index contributed by atoms with van der Waals surface area (Å²) in [5.41, 5.74) is 1.94. The number of phenols is 1. The van der Waals surface area contributed by atoms with E-state index in [4.69, 9.17) is 0 Å². The maximum absolute atomic E-state index is 13.1. The monoisotopic (exact) mass is 340 g/mol. The predicted molar refractivity (Wildman–Crippen MR) is 94.6 cm³/mol. The normalized spacial score (nSPS) is 20.2. The number of aliphatic hydroxyl groups excluding tert-OH is 1. The lowest BCUT2D eigenvalue weighted by atomic mass is 9.86. The van der Waals surface area contributed by atoms with Gasteiger partial charge in [0, 0.05) is 31.4 Å². The molecule has 0 spiro atoms. The van der Waals surface area contributed by atoms with Crippen molar-refractivity contribution in [2.24, 2.45) is 5.92 Å². The number of amides is 1. The van der Waals surface area contributed by atoms with Gasteiger partial charge in [-0.25, -0.2) is 0 Å². The topological polar surface area (TPSA) is 73.7 Å². The molecule has 5 nitrogen and oxygen atoms in total. The zero-order chi connectivity index (χ0) is 17.6. The van der Waals surface area contributed by atoms with Crippen LogP contribution in [0.15, 0.2) is 48.8 Å². The third-order valence-corrected chi connectivity index (χ3v) is 4.71. The Kier molecular flexibility index (Phi) is 5.66. The number of nitrogens with zero attached hydrogens (tertiary/aromatic N) is 2. The second-order valence-corrected chi connectivity index (χ2v) is 6.74. The highest BCUT2D eigenvalue weighted by atomic mass is 16.3. The number of hydrogen-bond acceptors (Lipinski definition) is 4. The van der Waals surface area contributed by atoms with Crippen molar-refractivity contribution in [2.75, 3.05) is 0 Å². The molecule has 3 rings (SSSR count). The van der Waals surface area contributed by atoms with Gasteiger partial charge in [-0.2, -0.15) is 0 Å². The third kappa shape index (κ3) is 4.79. The Balaban J connectivity index is 1.77. The molecule has 1 amide bonds. The average molecular weight is 340 g/mol. The first kappa shape index (κ1) is 17.4. The number of pyridine rings is 1. The Bertz CT molecular complexity index is 688. The van der Waals surface area contributed by atoms with E-state index in [2.05, 4.69) is 4.98 Å². The number of aliphatic hydroxyl groups is 1. The molecular formula is C20H24N2O3. The van der Waals surface area contributed by atoms with Crippen molar-refractivity contribution in [1.82, 2.24) is 9.88 Å². The summed E-state index contributed by atoms with van der Waals surface area (Å²) in [7, 11) is 0. The van der Waals surface area contributed by atoms with Gasteiger partial charge >= 0.3 is 0 Å². The lowest BCUT2D eigenvalue weighted by Gasteiger charge is -2.31. The van der Waals surface area contributed by atoms with Gasteiger partial charge < -0.3 is 15.1 Å². The Morgan fingerprint density at radius 1 is 1.12 bits per heavy atom. The first-order valence-electron chi connectivity index (χ1n) is 8.75. The molecule has 0 aliphatic heterocycles. The van der Waals surface area contributed by atoms with Crippen LogP contribution in [0.3, 0.4) is 0 Å². The molecule has 2 N–H and O–H groups in total. The van der Waals surface area contributed by atoms with Crippen LogP contribution in [0.5, 0.6) is 5.75 Å². The second kappa shape index (κ2) is 8.12. The van der Waals surface area contributed by atoms with Crippen LogP contribution in [0.2, 0.25) is 0 Å². The maximum atomic E-state index is 13.1. The van der Waals surface area contributed by atoms with E-state index in [-0.39, 0.29) is 23.7 Å². The van der Waals surface area contributed by atoms with E-state index in [9.17, 15) is 15.0 Å². The standard InChI is InChI=1S/C20H24N2O3/c23-18-8-6-15(7-9-18)13-22(14-16-3-2-10-21-12-16)20(25)17-4-1-5-19(24)11-17/h2-3,6-10,12,17,19,23-24H,1,4-5,11,13-14H2/t17-,19-/m0/s1. The molecule has 1 aromatic heterocycles. The van der Waals surface area contributed by atoms with Gasteiger partial charge in [0.05, 0.1) is 6.10 Å². The number of phenolic OH excluding ortho intramolecular Hbond substituents is 1. The Labute approximate surface area is 147 Å². The molecule has 0 saturated heterocycles. The molecule has 0 bridgehead atoms. The van der Waals surface area contributed by atoms with Crippen LogP contribution < -0.4 is 0 Å². The summed E-state index contributed by atoms with van der Waals surface area (Å²) in [6, 6.07) is 10.7. The lowest BCUT2D eigenvalue weighted by molar-refractivity contribution is -0.139. The Morgan fingerprint density at radius 3 is 2.56 bits per heavy atom. The zero-order valence-corrected chi connectivity index (χ0v) is 14.2. The summed E-state index contributed by atoms with van der Waals surface area (Å²) in [6.45, 7) is 0.959. The van der Waals surface area contributed by atoms with Crippen LogP contribution in [0.1, 0.15) is 36.8 Å². The van der Waals surface area contributed by atoms with Crippen LogP contribution in [0.25, 0.3) is 0 Å². The van der Waals surface area contributed by atoms with Crippen molar-refractivity contribution in [3.63, 3.8) is 0 Å². The summed E-state index contributed by atoms with van der Waals surface area (Å²) in [5, 5.41) is 19.4. The molecule has 1 aliphatic carbocycles. The molecule has 1 aliphatic rings. The van der Waals surface area contributed by atoms with Gasteiger partial charge in [-0.3, -0.25) is 9.78 Å². The van der Waals surface area contributed by atoms with E-state index in [1.165, 1.54) is 0 Å². The number of hydrogen-bond donors (Lipinski definition) is 2. The zero-order valence-electron chi connectivity index (χ0n) is 14.2. The lowest BCUT2D eigenvalue weighted by Crippen LogP contribution is -2.38. The van der Waals surface area contributed by atoms with Crippen molar-refractivity contribution < 1.29 is 15.0 Å². The number of aromatic nitrogens is 1. The average Bonchev–Trinajstić information content (AvgIpc) is 2.63. The largest absolute Gasteiger partial charge is 0.508 e. The summed E-state index contributed by atoms with van der Waals surface area (Å²) >= 11 is 0. The van der Waals surface area contributed by atoms with Crippen LogP contribution in [-0.4, -0.2) is 32.1 Å². The van der Waals surface area contributed by atoms with Gasteiger partial charge in [-0.15, -0.1) is 0 Å². The van der Waals surface area contributed by atoms with E-state index in [0.29, 0.717) is 19.5 Å². The molecule has 25 heavy (non-hydrogen) atoms. The van der Waals surface area contributed by atoms with Crippen molar-refractivity contribution >= 4 is 5.91 Å². The number of carbonyl (C=O) groups excluding carboxylic acids is 1. The molecule has 1 fully saturated rings. The first-order valence-corrected chi connectivity index (χ1v) is 8.75. The fourth-order valence-corrected chi connectivity index (χ4v) is 3.39. The fraction of sp³-hybridized carbons (Fsp3) is 0.400. The van der Waals surface area contributed by atoms with E-state index in [0.717, 1.165) is 30.4 Å². The molecule has 0 unspecified atom stereocenters. The van der Waals surface area contributed by atoms with Crippen LogP contribution in [0, 0.1) is 5.92 Å². The fourth-order valence-electron chi connectivity index (χ4n) is 3.39. The highest BCUT2D eigenvalue weighted by Crippen LogP contribution is 2.27. The summed E-state index contributed by atoms with van der Waals surface area (Å²) in [6.07, 6.45) is 6.14. The summed E-state index contributed by atoms with van der Waals surface area (Å²) in [4.78, 5) is 19.0. The highest BCUT2D eigenvalue weighted by molar-refractivity contribution is 5.79. The van der Waals surface area contributed by atoms with E-state index in [1.807, 2.05) is 29.2 Å². The molecule has 1 saturated carbocycles. The van der Waals surface area contributed by atoms with Crippen molar-refractivity contribution in [3.05, 3.63) is 59.9 Å². The number of aromatic hydroxyl groups is 1. The van der Waals surface area contributed by atoms with Crippen LogP contribution in [-0.2, 0) is 17.9 Å². The number of benzene rings is 1. The minimum absolute atomic E-state index is 0.0793. The molecule has 132 valence electrons. The van der Waals surface area contributed by atoms with Crippen molar-refractivity contribution in [1.29, 1.82) is 0 Å². The minimum atomic E-state index is -0.378. The second-order valence-electron chi connectivity index (χ2n) is 6.74. The van der Waals surface area contributed by atoms with Crippen LogP contribution in [0.4, 0.5) is 0 Å². The molecule has 5 heteroatoms. The summed E-state index contributed by atoms with van der Waals surface area (Å²) in [5.74, 6) is 0.164. The van der Waals surface area contributed by atoms with Gasteiger partial charge in [-0.1, -0.05) is 24.6 Å². The minimum Gasteiger partial charge on any atom is -0.508 e. The van der Waals surface area contributed by atoms with Gasteiger partial charge in [0.25, 0.3) is 0 Å². The van der Waals surface area contributed by atoms with Crippen LogP contribution >= 0.6 is 0 Å². The van der Waals surface area contributed by atoms with Gasteiger partial charge in [0.15, 0.2) is 0 Å². The Morgan fingerprint density at radius 2 is 1.88 bits per heavy atom. The summed E-state index contributed by atoms with van der Waals surface area (Å²) < 4.78 is 0. The molecule has 1 aromatic carbocycles. The third-order valence-electron chi connectivity index (χ3n) is 4.71. The number of rotatable bonds is 5.